The molecule has 3 unspecified atom stereocenters. The smallest absolute Gasteiger partial charge is 0.265 e. The molecular formula is C11H20N4O5S. The van der Waals surface area contributed by atoms with Crippen LogP contribution < -0.4 is 5.48 Å². The van der Waals surface area contributed by atoms with Crippen LogP contribution in [0.4, 0.5) is 0 Å². The highest BCUT2D eigenvalue weighted by molar-refractivity contribution is 7.93. The molecule has 1 rings (SSSR count). The monoisotopic (exact) mass is 320 g/mol. The van der Waals surface area contributed by atoms with Crippen molar-refractivity contribution in [3.8, 4) is 0 Å². The maximum atomic E-state index is 12.2. The zero-order valence-corrected chi connectivity index (χ0v) is 13.1. The van der Waals surface area contributed by atoms with Crippen molar-refractivity contribution in [2.75, 3.05) is 12.9 Å². The second kappa shape index (κ2) is 7.08. The molecule has 1 aliphatic heterocycles. The number of hydrogen-bond acceptors (Lipinski definition) is 6. The Labute approximate surface area is 123 Å². The fraction of sp³-hybridized carbons (Fsp3) is 0.909. The largest absolute Gasteiger partial charge is 0.350 e. The molecule has 1 fully saturated rings. The van der Waals surface area contributed by atoms with E-state index in [4.69, 9.17) is 15.1 Å². The fourth-order valence-corrected chi connectivity index (χ4v) is 2.93. The summed E-state index contributed by atoms with van der Waals surface area (Å²) < 4.78 is 27.2. The van der Waals surface area contributed by atoms with Gasteiger partial charge in [0.1, 0.15) is 0 Å². The van der Waals surface area contributed by atoms with Crippen LogP contribution in [0.25, 0.3) is 10.4 Å². The third kappa shape index (κ3) is 4.07. The normalized spacial score (nSPS) is 23.5. The molecule has 0 aromatic carbocycles. The first kappa shape index (κ1) is 17.7. The number of nitrogens with one attached hydrogen (secondary N) is 1. The minimum Gasteiger partial charge on any atom is -0.350 e. The van der Waals surface area contributed by atoms with Gasteiger partial charge in [-0.1, -0.05) is 12.0 Å². The lowest BCUT2D eigenvalue weighted by molar-refractivity contribution is -0.201. The summed E-state index contributed by atoms with van der Waals surface area (Å²) >= 11 is 0. The molecule has 1 aliphatic rings. The van der Waals surface area contributed by atoms with Gasteiger partial charge in [0, 0.05) is 24.2 Å². The molecule has 0 saturated carbocycles. The first-order valence-corrected chi connectivity index (χ1v) is 8.44. The highest BCUT2D eigenvalue weighted by Gasteiger charge is 2.48. The van der Waals surface area contributed by atoms with E-state index in [1.807, 2.05) is 0 Å². The Kier molecular flexibility index (Phi) is 5.97. The predicted molar refractivity (Wildman–Crippen MR) is 74.7 cm³/mol. The minimum absolute atomic E-state index is 0.527. The molecule has 1 amide bonds. The highest BCUT2D eigenvalue weighted by atomic mass is 32.2. The molecule has 0 bridgehead atoms. The van der Waals surface area contributed by atoms with Crippen molar-refractivity contribution in [1.82, 2.24) is 5.48 Å². The van der Waals surface area contributed by atoms with E-state index in [1.54, 1.807) is 0 Å². The Morgan fingerprint density at radius 1 is 1.57 bits per heavy atom. The molecule has 0 aromatic rings. The van der Waals surface area contributed by atoms with Crippen LogP contribution in [-0.2, 0) is 24.2 Å². The average Bonchev–Trinajstić information content (AvgIpc) is 2.43. The van der Waals surface area contributed by atoms with E-state index in [2.05, 4.69) is 15.5 Å². The van der Waals surface area contributed by atoms with Gasteiger partial charge in [-0.05, 0) is 25.3 Å². The second-order valence-electron chi connectivity index (χ2n) is 5.11. The number of amides is 1. The van der Waals surface area contributed by atoms with Crippen molar-refractivity contribution in [2.45, 2.75) is 50.2 Å². The van der Waals surface area contributed by atoms with Gasteiger partial charge < -0.3 is 4.74 Å². The number of azide groups is 1. The number of ether oxygens (including phenoxy) is 1. The molecular weight excluding hydrogens is 300 g/mol. The molecule has 3 atom stereocenters. The predicted octanol–water partition coefficient (Wildman–Crippen LogP) is 1.06. The van der Waals surface area contributed by atoms with Crippen molar-refractivity contribution in [3.05, 3.63) is 10.4 Å². The van der Waals surface area contributed by atoms with Gasteiger partial charge in [0.25, 0.3) is 5.91 Å². The van der Waals surface area contributed by atoms with Gasteiger partial charge in [0.2, 0.25) is 0 Å². The van der Waals surface area contributed by atoms with Crippen molar-refractivity contribution in [1.29, 1.82) is 0 Å². The van der Waals surface area contributed by atoms with Gasteiger partial charge >= 0.3 is 0 Å². The molecule has 0 aromatic heterocycles. The van der Waals surface area contributed by atoms with E-state index >= 15 is 0 Å². The number of hydrogen-bond donors (Lipinski definition) is 1. The van der Waals surface area contributed by atoms with Crippen LogP contribution in [0.5, 0.6) is 0 Å². The molecule has 0 aliphatic carbocycles. The van der Waals surface area contributed by atoms with Crippen LogP contribution in [0.2, 0.25) is 0 Å². The Morgan fingerprint density at radius 2 is 2.24 bits per heavy atom. The van der Waals surface area contributed by atoms with E-state index in [9.17, 15) is 13.2 Å². The number of carbonyl (C=O) groups is 1. The summed E-state index contributed by atoms with van der Waals surface area (Å²) in [5.41, 5.74) is 10.6. The van der Waals surface area contributed by atoms with E-state index < -0.39 is 32.8 Å². The van der Waals surface area contributed by atoms with E-state index in [1.165, 1.54) is 13.8 Å². The number of hydroxylamine groups is 1. The van der Waals surface area contributed by atoms with Crippen LogP contribution in [0.15, 0.2) is 5.11 Å². The molecule has 1 saturated heterocycles. The van der Waals surface area contributed by atoms with E-state index in [0.717, 1.165) is 19.1 Å². The van der Waals surface area contributed by atoms with Crippen molar-refractivity contribution in [3.63, 3.8) is 0 Å². The average molecular weight is 320 g/mol. The third-order valence-electron chi connectivity index (χ3n) is 3.66. The second-order valence-corrected chi connectivity index (χ2v) is 7.50. The standard InChI is InChI=1S/C11H20N4O5S/c1-8(13-15-12)11(2,21(3,17)18)10(16)14-20-9-6-4-5-7-19-9/h8-9H,4-7H2,1-3H3,(H,14,16). The topological polar surface area (TPSA) is 130 Å². The Balaban J connectivity index is 2.83. The number of carbonyl (C=O) groups excluding carboxylic acids is 1. The first-order valence-electron chi connectivity index (χ1n) is 6.55. The Morgan fingerprint density at radius 3 is 2.71 bits per heavy atom. The van der Waals surface area contributed by atoms with Crippen LogP contribution in [-0.4, -0.2) is 44.3 Å². The van der Waals surface area contributed by atoms with Gasteiger partial charge in [0.15, 0.2) is 20.9 Å². The summed E-state index contributed by atoms with van der Waals surface area (Å²) in [7, 11) is -3.84. The minimum atomic E-state index is -3.84. The van der Waals surface area contributed by atoms with Crippen LogP contribution in [0, 0.1) is 0 Å². The first-order chi connectivity index (χ1) is 9.73. The highest BCUT2D eigenvalue weighted by Crippen LogP contribution is 2.24. The van der Waals surface area contributed by atoms with Crippen molar-refractivity contribution in [2.24, 2.45) is 5.11 Å². The quantitative estimate of drug-likeness (QED) is 0.338. The lowest BCUT2D eigenvalue weighted by Gasteiger charge is -2.30. The van der Waals surface area contributed by atoms with Gasteiger partial charge in [-0.3, -0.25) is 4.79 Å². The van der Waals surface area contributed by atoms with Crippen molar-refractivity contribution < 1.29 is 22.8 Å². The maximum Gasteiger partial charge on any atom is 0.265 e. The Bertz CT molecular complexity index is 525. The van der Waals surface area contributed by atoms with E-state index in [0.29, 0.717) is 13.0 Å². The van der Waals surface area contributed by atoms with Crippen molar-refractivity contribution >= 4 is 15.7 Å². The zero-order valence-electron chi connectivity index (χ0n) is 12.3. The van der Waals surface area contributed by atoms with E-state index in [-0.39, 0.29) is 0 Å². The molecule has 0 spiro atoms. The summed E-state index contributed by atoms with van der Waals surface area (Å²) in [5, 5.41) is 3.33. The Hall–Kier alpha value is -1.35. The van der Waals surface area contributed by atoms with Crippen LogP contribution in [0.3, 0.4) is 0 Å². The molecule has 120 valence electrons. The third-order valence-corrected chi connectivity index (χ3v) is 5.73. The SMILES string of the molecule is CC(N=[N+]=[N-])C(C)(C(=O)NOC1CCCCO1)S(C)(=O)=O. The molecule has 1 N–H and O–H groups in total. The molecule has 10 heteroatoms. The fourth-order valence-electron chi connectivity index (χ4n) is 1.88. The maximum absolute atomic E-state index is 12.2. The van der Waals surface area contributed by atoms with Gasteiger partial charge in [0.05, 0.1) is 6.04 Å². The zero-order chi connectivity index (χ0) is 16.1. The molecule has 0 radical (unpaired) electrons. The lowest BCUT2D eigenvalue weighted by atomic mass is 10.0. The van der Waals surface area contributed by atoms with Gasteiger partial charge in [-0.15, -0.1) is 0 Å². The molecule has 21 heavy (non-hydrogen) atoms. The summed E-state index contributed by atoms with van der Waals surface area (Å²) in [5.74, 6) is -0.890. The number of sulfone groups is 1. The summed E-state index contributed by atoms with van der Waals surface area (Å²) in [6.45, 7) is 3.08. The molecule has 1 heterocycles. The number of rotatable bonds is 6. The summed E-state index contributed by atoms with van der Waals surface area (Å²) in [6.07, 6.45) is 2.75. The van der Waals surface area contributed by atoms with Gasteiger partial charge in [-0.2, -0.15) is 0 Å². The van der Waals surface area contributed by atoms with Gasteiger partial charge in [-0.25, -0.2) is 18.7 Å². The molecule has 9 nitrogen and oxygen atoms in total. The van der Waals surface area contributed by atoms with Crippen LogP contribution >= 0.6 is 0 Å². The summed E-state index contributed by atoms with van der Waals surface area (Å²) in [4.78, 5) is 19.9. The van der Waals surface area contributed by atoms with Crippen LogP contribution in [0.1, 0.15) is 33.1 Å². The summed E-state index contributed by atoms with van der Waals surface area (Å²) in [6, 6.07) is -1.09. The lowest BCUT2D eigenvalue weighted by Crippen LogP contribution is -2.56. The number of nitrogens with zero attached hydrogens (tertiary/aromatic N) is 3.